The second-order valence-corrected chi connectivity index (χ2v) is 4.60. The van der Waals surface area contributed by atoms with Gasteiger partial charge in [-0.3, -0.25) is 4.68 Å². The minimum absolute atomic E-state index is 0.281. The van der Waals surface area contributed by atoms with Gasteiger partial charge in [-0.05, 0) is 25.0 Å². The molecule has 0 radical (unpaired) electrons. The molecule has 3 N–H and O–H groups in total. The summed E-state index contributed by atoms with van der Waals surface area (Å²) in [6, 6.07) is 11.6. The molecular formula is C14H19N3O. The Kier molecular flexibility index (Phi) is 4.12. The van der Waals surface area contributed by atoms with E-state index in [0.29, 0.717) is 13.0 Å². The molecule has 18 heavy (non-hydrogen) atoms. The van der Waals surface area contributed by atoms with E-state index in [1.807, 2.05) is 49.5 Å². The number of aryl methyl sites for hydroxylation is 1. The SMILES string of the molecule is Cc1ccn(CC(O)C(N)Cc2ccccc2)n1. The first kappa shape index (κ1) is 12.8. The Labute approximate surface area is 107 Å². The molecule has 0 aliphatic carbocycles. The van der Waals surface area contributed by atoms with Crippen LogP contribution in [-0.2, 0) is 13.0 Å². The number of aliphatic hydroxyl groups excluding tert-OH is 1. The molecule has 4 heteroatoms. The summed E-state index contributed by atoms with van der Waals surface area (Å²) in [5, 5.41) is 14.3. The number of hydrogen-bond donors (Lipinski definition) is 2. The van der Waals surface area contributed by atoms with Crippen LogP contribution >= 0.6 is 0 Å². The van der Waals surface area contributed by atoms with E-state index in [-0.39, 0.29) is 6.04 Å². The highest BCUT2D eigenvalue weighted by Crippen LogP contribution is 2.06. The number of benzene rings is 1. The zero-order chi connectivity index (χ0) is 13.0. The second kappa shape index (κ2) is 5.80. The molecule has 2 aromatic rings. The van der Waals surface area contributed by atoms with Crippen LogP contribution in [0.15, 0.2) is 42.6 Å². The number of nitrogens with zero attached hydrogens (tertiary/aromatic N) is 2. The lowest BCUT2D eigenvalue weighted by atomic mass is 10.0. The molecule has 2 unspecified atom stereocenters. The largest absolute Gasteiger partial charge is 0.390 e. The van der Waals surface area contributed by atoms with E-state index in [2.05, 4.69) is 5.10 Å². The molecule has 2 rings (SSSR count). The van der Waals surface area contributed by atoms with Crippen molar-refractivity contribution in [3.8, 4) is 0 Å². The van der Waals surface area contributed by atoms with Crippen LogP contribution in [0.4, 0.5) is 0 Å². The quantitative estimate of drug-likeness (QED) is 0.829. The number of rotatable bonds is 5. The van der Waals surface area contributed by atoms with Crippen LogP contribution in [0, 0.1) is 6.92 Å². The maximum Gasteiger partial charge on any atom is 0.0889 e. The Morgan fingerprint density at radius 3 is 2.61 bits per heavy atom. The van der Waals surface area contributed by atoms with Crippen molar-refractivity contribution in [2.45, 2.75) is 32.0 Å². The average molecular weight is 245 g/mol. The normalized spacial score (nSPS) is 14.4. The van der Waals surface area contributed by atoms with Gasteiger partial charge in [0.1, 0.15) is 0 Å². The summed E-state index contributed by atoms with van der Waals surface area (Å²) in [5.74, 6) is 0. The zero-order valence-corrected chi connectivity index (χ0v) is 10.5. The predicted octanol–water partition coefficient (Wildman–Crippen LogP) is 1.12. The summed E-state index contributed by atoms with van der Waals surface area (Å²) in [7, 11) is 0. The maximum absolute atomic E-state index is 10.1. The molecule has 1 heterocycles. The van der Waals surface area contributed by atoms with Crippen molar-refractivity contribution in [1.82, 2.24) is 9.78 Å². The molecular weight excluding hydrogens is 226 g/mol. The Balaban J connectivity index is 1.90. The van der Waals surface area contributed by atoms with Gasteiger partial charge in [-0.1, -0.05) is 30.3 Å². The standard InChI is InChI=1S/C14H19N3O/c1-11-7-8-17(16-11)10-14(18)13(15)9-12-5-3-2-4-6-12/h2-8,13-14,18H,9-10,15H2,1H3. The maximum atomic E-state index is 10.1. The first-order chi connectivity index (χ1) is 8.65. The highest BCUT2D eigenvalue weighted by atomic mass is 16.3. The van der Waals surface area contributed by atoms with E-state index in [9.17, 15) is 5.11 Å². The topological polar surface area (TPSA) is 64.1 Å². The van der Waals surface area contributed by atoms with Gasteiger partial charge in [0.25, 0.3) is 0 Å². The van der Waals surface area contributed by atoms with E-state index < -0.39 is 6.10 Å². The molecule has 1 aromatic carbocycles. The third-order valence-corrected chi connectivity index (χ3v) is 2.96. The summed E-state index contributed by atoms with van der Waals surface area (Å²) in [6.45, 7) is 2.36. The monoisotopic (exact) mass is 245 g/mol. The molecule has 0 bridgehead atoms. The lowest BCUT2D eigenvalue weighted by molar-refractivity contribution is 0.120. The summed E-state index contributed by atoms with van der Waals surface area (Å²) >= 11 is 0. The highest BCUT2D eigenvalue weighted by molar-refractivity contribution is 5.16. The molecule has 0 fully saturated rings. The van der Waals surface area contributed by atoms with Gasteiger partial charge in [-0.2, -0.15) is 5.10 Å². The first-order valence-electron chi connectivity index (χ1n) is 6.13. The predicted molar refractivity (Wildman–Crippen MR) is 71.1 cm³/mol. The van der Waals surface area contributed by atoms with Gasteiger partial charge in [0.2, 0.25) is 0 Å². The van der Waals surface area contributed by atoms with Gasteiger partial charge >= 0.3 is 0 Å². The van der Waals surface area contributed by atoms with E-state index in [1.54, 1.807) is 4.68 Å². The van der Waals surface area contributed by atoms with E-state index in [0.717, 1.165) is 11.3 Å². The third-order valence-electron chi connectivity index (χ3n) is 2.96. The van der Waals surface area contributed by atoms with Gasteiger partial charge in [-0.25, -0.2) is 0 Å². The molecule has 1 aromatic heterocycles. The lowest BCUT2D eigenvalue weighted by Crippen LogP contribution is -2.39. The lowest BCUT2D eigenvalue weighted by Gasteiger charge is -2.18. The molecule has 96 valence electrons. The average Bonchev–Trinajstić information content (AvgIpc) is 2.76. The fourth-order valence-electron chi connectivity index (χ4n) is 1.91. The molecule has 0 saturated carbocycles. The third kappa shape index (κ3) is 3.42. The fraction of sp³-hybridized carbons (Fsp3) is 0.357. The smallest absolute Gasteiger partial charge is 0.0889 e. The van der Waals surface area contributed by atoms with Crippen LogP contribution in [0.3, 0.4) is 0 Å². The van der Waals surface area contributed by atoms with Gasteiger partial charge in [0.15, 0.2) is 0 Å². The van der Waals surface area contributed by atoms with E-state index >= 15 is 0 Å². The molecule has 0 amide bonds. The number of aromatic nitrogens is 2. The van der Waals surface area contributed by atoms with Crippen molar-refractivity contribution in [3.63, 3.8) is 0 Å². The number of hydrogen-bond acceptors (Lipinski definition) is 3. The van der Waals surface area contributed by atoms with Gasteiger partial charge in [-0.15, -0.1) is 0 Å². The van der Waals surface area contributed by atoms with Crippen LogP contribution in [0.2, 0.25) is 0 Å². The van der Waals surface area contributed by atoms with Crippen LogP contribution in [0.1, 0.15) is 11.3 Å². The van der Waals surface area contributed by atoms with Crippen LogP contribution in [0.25, 0.3) is 0 Å². The summed E-state index contributed by atoms with van der Waals surface area (Å²) in [5.41, 5.74) is 8.10. The van der Waals surface area contributed by atoms with Crippen molar-refractivity contribution >= 4 is 0 Å². The van der Waals surface area contributed by atoms with Crippen molar-refractivity contribution in [1.29, 1.82) is 0 Å². The molecule has 2 atom stereocenters. The zero-order valence-electron chi connectivity index (χ0n) is 10.5. The minimum Gasteiger partial charge on any atom is -0.390 e. The molecule has 4 nitrogen and oxygen atoms in total. The van der Waals surface area contributed by atoms with Crippen molar-refractivity contribution in [2.24, 2.45) is 5.73 Å². The minimum atomic E-state index is -0.593. The van der Waals surface area contributed by atoms with Crippen molar-refractivity contribution in [3.05, 3.63) is 53.9 Å². The Hall–Kier alpha value is -1.65. The van der Waals surface area contributed by atoms with E-state index in [1.165, 1.54) is 0 Å². The number of nitrogens with two attached hydrogens (primary N) is 1. The Morgan fingerprint density at radius 1 is 1.28 bits per heavy atom. The molecule has 0 saturated heterocycles. The first-order valence-corrected chi connectivity index (χ1v) is 6.13. The highest BCUT2D eigenvalue weighted by Gasteiger charge is 2.16. The Morgan fingerprint density at radius 2 is 2.00 bits per heavy atom. The van der Waals surface area contributed by atoms with Crippen LogP contribution < -0.4 is 5.73 Å². The molecule has 0 aliphatic heterocycles. The van der Waals surface area contributed by atoms with Crippen LogP contribution in [0.5, 0.6) is 0 Å². The fourth-order valence-corrected chi connectivity index (χ4v) is 1.91. The van der Waals surface area contributed by atoms with Gasteiger partial charge in [0.05, 0.1) is 18.3 Å². The van der Waals surface area contributed by atoms with Crippen molar-refractivity contribution < 1.29 is 5.11 Å². The summed E-state index contributed by atoms with van der Waals surface area (Å²) < 4.78 is 1.73. The summed E-state index contributed by atoms with van der Waals surface area (Å²) in [6.07, 6.45) is 1.93. The molecule has 0 spiro atoms. The Bertz CT molecular complexity index is 481. The van der Waals surface area contributed by atoms with Gasteiger partial charge in [0, 0.05) is 12.2 Å². The van der Waals surface area contributed by atoms with E-state index in [4.69, 9.17) is 5.73 Å². The van der Waals surface area contributed by atoms with Crippen LogP contribution in [-0.4, -0.2) is 27.0 Å². The second-order valence-electron chi connectivity index (χ2n) is 4.60. The number of aliphatic hydroxyl groups is 1. The summed E-state index contributed by atoms with van der Waals surface area (Å²) in [4.78, 5) is 0. The van der Waals surface area contributed by atoms with Crippen molar-refractivity contribution in [2.75, 3.05) is 0 Å². The molecule has 0 aliphatic rings. The van der Waals surface area contributed by atoms with Gasteiger partial charge < -0.3 is 10.8 Å².